The van der Waals surface area contributed by atoms with Crippen LogP contribution in [0, 0.1) is 8.99 Å². The van der Waals surface area contributed by atoms with Crippen LogP contribution >= 0.6 is 22.6 Å². The molecule has 0 aliphatic rings. The fraction of sp³-hybridized carbons (Fsp3) is 0.630. The summed E-state index contributed by atoms with van der Waals surface area (Å²) in [5.74, 6) is 0.103. The molecular formula is C27H42INO5Si. The summed E-state index contributed by atoms with van der Waals surface area (Å²) >= 11 is 2.18. The lowest BCUT2D eigenvalue weighted by Gasteiger charge is -2.40. The van der Waals surface area contributed by atoms with E-state index in [1.807, 2.05) is 30.5 Å². The predicted octanol–water partition coefficient (Wildman–Crippen LogP) is 7.18. The van der Waals surface area contributed by atoms with Gasteiger partial charge in [0.2, 0.25) is 5.43 Å². The van der Waals surface area contributed by atoms with Crippen molar-refractivity contribution >= 4 is 47.8 Å². The maximum atomic E-state index is 13.4. The molecule has 196 valence electrons. The zero-order valence-corrected chi connectivity index (χ0v) is 26.3. The second-order valence-corrected chi connectivity index (χ2v) is 17.9. The van der Waals surface area contributed by atoms with Crippen molar-refractivity contribution in [3.63, 3.8) is 0 Å². The molecule has 0 radical (unpaired) electrons. The van der Waals surface area contributed by atoms with Crippen LogP contribution in [-0.2, 0) is 9.16 Å². The van der Waals surface area contributed by atoms with Crippen LogP contribution in [-0.4, -0.2) is 38.2 Å². The van der Waals surface area contributed by atoms with Crippen LogP contribution in [0.3, 0.4) is 0 Å². The fourth-order valence-electron chi connectivity index (χ4n) is 3.56. The van der Waals surface area contributed by atoms with E-state index in [9.17, 15) is 9.59 Å². The van der Waals surface area contributed by atoms with Gasteiger partial charge >= 0.3 is 5.97 Å². The van der Waals surface area contributed by atoms with Crippen LogP contribution in [0.4, 0.5) is 0 Å². The Morgan fingerprint density at radius 3 is 2.20 bits per heavy atom. The van der Waals surface area contributed by atoms with E-state index >= 15 is 0 Å². The van der Waals surface area contributed by atoms with Gasteiger partial charge in [0.1, 0.15) is 11.3 Å². The second kappa shape index (κ2) is 10.9. The van der Waals surface area contributed by atoms with Crippen LogP contribution in [0.25, 0.3) is 10.9 Å². The first-order chi connectivity index (χ1) is 15.9. The minimum atomic E-state index is -2.04. The molecule has 0 aliphatic carbocycles. The zero-order chi connectivity index (χ0) is 26.9. The third-order valence-corrected chi connectivity index (χ3v) is 12.0. The number of benzene rings is 1. The van der Waals surface area contributed by atoms with E-state index in [-0.39, 0.29) is 40.2 Å². The van der Waals surface area contributed by atoms with E-state index in [0.717, 1.165) is 9.09 Å². The molecule has 1 heterocycles. The third-order valence-electron chi connectivity index (χ3n) is 6.69. The summed E-state index contributed by atoms with van der Waals surface area (Å²) in [7, 11) is -2.04. The number of nitrogens with zero attached hydrogens (tertiary/aromatic N) is 1. The molecule has 6 nitrogen and oxygen atoms in total. The van der Waals surface area contributed by atoms with Crippen molar-refractivity contribution in [3.8, 4) is 5.75 Å². The molecule has 0 fully saturated rings. The molecule has 0 unspecified atom stereocenters. The average molecular weight is 616 g/mol. The number of ether oxygens (including phenoxy) is 2. The Balaban J connectivity index is 2.84. The molecule has 2 aromatic rings. The Bertz CT molecular complexity index is 1130. The SMILES string of the molecule is CCOC(=O)c1cn([C@H](CO[Si](C)(C)C(C)(C)C)C(C)(C)C)c2cc(OC(C)C)c(I)cc2c1=O. The van der Waals surface area contributed by atoms with E-state index < -0.39 is 14.3 Å². The lowest BCUT2D eigenvalue weighted by atomic mass is 9.86. The summed E-state index contributed by atoms with van der Waals surface area (Å²) in [4.78, 5) is 26.2. The number of rotatable bonds is 8. The van der Waals surface area contributed by atoms with E-state index in [4.69, 9.17) is 13.9 Å². The van der Waals surface area contributed by atoms with Crippen molar-refractivity contribution < 1.29 is 18.7 Å². The van der Waals surface area contributed by atoms with Crippen molar-refractivity contribution in [3.05, 3.63) is 37.7 Å². The quantitative estimate of drug-likeness (QED) is 0.179. The molecule has 1 atom stereocenters. The van der Waals surface area contributed by atoms with Crippen LogP contribution < -0.4 is 10.2 Å². The number of carbonyl (C=O) groups excluding carboxylic acids is 1. The van der Waals surface area contributed by atoms with Gasteiger partial charge in [-0.25, -0.2) is 4.79 Å². The van der Waals surface area contributed by atoms with E-state index in [0.29, 0.717) is 17.7 Å². The average Bonchev–Trinajstić information content (AvgIpc) is 2.68. The summed E-state index contributed by atoms with van der Waals surface area (Å²) in [6.45, 7) is 23.9. The lowest BCUT2D eigenvalue weighted by Crippen LogP contribution is -2.43. The first kappa shape index (κ1) is 29.8. The molecule has 35 heavy (non-hydrogen) atoms. The highest BCUT2D eigenvalue weighted by atomic mass is 127. The van der Waals surface area contributed by atoms with E-state index in [1.54, 1.807) is 13.1 Å². The van der Waals surface area contributed by atoms with Gasteiger partial charge in [0.25, 0.3) is 0 Å². The molecule has 0 aliphatic heterocycles. The predicted molar refractivity (Wildman–Crippen MR) is 154 cm³/mol. The number of hydrogen-bond acceptors (Lipinski definition) is 5. The first-order valence-electron chi connectivity index (χ1n) is 12.3. The third kappa shape index (κ3) is 6.89. The number of carbonyl (C=O) groups is 1. The van der Waals surface area contributed by atoms with Crippen LogP contribution in [0.2, 0.25) is 18.1 Å². The number of hydrogen-bond donors (Lipinski definition) is 0. The number of fused-ring (bicyclic) bond motifs is 1. The summed E-state index contributed by atoms with van der Waals surface area (Å²) < 4.78 is 20.8. The number of aromatic nitrogens is 1. The molecule has 0 saturated heterocycles. The van der Waals surface area contributed by atoms with Crippen molar-refractivity contribution in [2.45, 2.75) is 92.6 Å². The Hall–Kier alpha value is -1.39. The number of pyridine rings is 1. The molecule has 2 rings (SSSR count). The van der Waals surface area contributed by atoms with E-state index in [2.05, 4.69) is 77.2 Å². The first-order valence-corrected chi connectivity index (χ1v) is 16.3. The summed E-state index contributed by atoms with van der Waals surface area (Å²) in [6, 6.07) is 3.59. The number of halogens is 1. The second-order valence-electron chi connectivity index (χ2n) is 11.9. The summed E-state index contributed by atoms with van der Waals surface area (Å²) in [5, 5.41) is 0.531. The maximum absolute atomic E-state index is 13.4. The smallest absolute Gasteiger partial charge is 0.343 e. The lowest BCUT2D eigenvalue weighted by molar-refractivity contribution is 0.0522. The topological polar surface area (TPSA) is 66.8 Å². The normalized spacial score (nSPS) is 13.9. The fourth-order valence-corrected chi connectivity index (χ4v) is 5.16. The molecule has 0 saturated carbocycles. The molecule has 8 heteroatoms. The molecule has 0 spiro atoms. The zero-order valence-electron chi connectivity index (χ0n) is 23.2. The largest absolute Gasteiger partial charge is 0.490 e. The Morgan fingerprint density at radius 1 is 1.11 bits per heavy atom. The standard InChI is InChI=1S/C27H42INO5Si/c1-12-32-25(31)19-15-29(23(26(4,5)6)16-33-35(10,11)27(7,8)9)21-14-22(34-17(2)3)20(28)13-18(21)24(19)30/h13-15,17,23H,12,16H2,1-11H3/t23-/m1/s1. The molecule has 1 aromatic heterocycles. The Morgan fingerprint density at radius 2 is 1.71 bits per heavy atom. The Kier molecular flexibility index (Phi) is 9.31. The van der Waals surface area contributed by atoms with Gasteiger partial charge in [-0.05, 0) is 73.0 Å². The monoisotopic (exact) mass is 615 g/mol. The van der Waals surface area contributed by atoms with Gasteiger partial charge < -0.3 is 18.5 Å². The minimum absolute atomic E-state index is 0.0136. The molecule has 0 N–H and O–H groups in total. The minimum Gasteiger partial charge on any atom is -0.490 e. The van der Waals surface area contributed by atoms with Gasteiger partial charge in [-0.3, -0.25) is 4.79 Å². The van der Waals surface area contributed by atoms with Crippen molar-refractivity contribution in [1.82, 2.24) is 4.57 Å². The number of esters is 1. The van der Waals surface area contributed by atoms with Crippen molar-refractivity contribution in [2.24, 2.45) is 5.41 Å². The molecular weight excluding hydrogens is 573 g/mol. The molecule has 1 aromatic carbocycles. The van der Waals surface area contributed by atoms with Gasteiger partial charge in [-0.1, -0.05) is 41.5 Å². The summed E-state index contributed by atoms with van der Waals surface area (Å²) in [5.41, 5.74) is 0.201. The highest BCUT2D eigenvalue weighted by molar-refractivity contribution is 14.1. The van der Waals surface area contributed by atoms with Gasteiger partial charge in [-0.15, -0.1) is 0 Å². The van der Waals surface area contributed by atoms with Gasteiger partial charge in [-0.2, -0.15) is 0 Å². The van der Waals surface area contributed by atoms with Crippen LogP contribution in [0.5, 0.6) is 5.75 Å². The van der Waals surface area contributed by atoms with Crippen LogP contribution in [0.1, 0.15) is 78.7 Å². The highest BCUT2D eigenvalue weighted by Gasteiger charge is 2.39. The van der Waals surface area contributed by atoms with Gasteiger partial charge in [0.15, 0.2) is 8.32 Å². The van der Waals surface area contributed by atoms with Crippen molar-refractivity contribution in [1.29, 1.82) is 0 Å². The van der Waals surface area contributed by atoms with Gasteiger partial charge in [0, 0.05) is 17.6 Å². The summed E-state index contributed by atoms with van der Waals surface area (Å²) in [6.07, 6.45) is 1.64. The van der Waals surface area contributed by atoms with Crippen LogP contribution in [0.15, 0.2) is 23.1 Å². The molecule has 0 amide bonds. The maximum Gasteiger partial charge on any atom is 0.343 e. The molecule has 0 bridgehead atoms. The van der Waals surface area contributed by atoms with Crippen molar-refractivity contribution in [2.75, 3.05) is 13.2 Å². The van der Waals surface area contributed by atoms with E-state index in [1.165, 1.54) is 0 Å². The van der Waals surface area contributed by atoms with Gasteiger partial charge in [0.05, 0.1) is 34.4 Å². The Labute approximate surface area is 225 Å². The highest BCUT2D eigenvalue weighted by Crippen LogP contribution is 2.40.